The third-order valence-electron chi connectivity index (χ3n) is 7.89. The monoisotopic (exact) mass is 490 g/mol. The standard InChI is InChI=1S/C28H34N2O3.CO2/c1-27(2)11-10-21-16-22(20-8-9-20)17-23(25(21)32-27)18-29-14-12-28(13-15-29)19-30(26(31)33-28)24-6-4-3-5-7-24;2-1-3/h3-7,16-17,20H,8-15,18-19H2,1-2H3;. The summed E-state index contributed by atoms with van der Waals surface area (Å²) in [5.41, 5.74) is 4.69. The summed E-state index contributed by atoms with van der Waals surface area (Å²) in [5.74, 6) is 1.87. The number of rotatable bonds is 4. The van der Waals surface area contributed by atoms with Crippen LogP contribution in [0.5, 0.6) is 5.75 Å². The van der Waals surface area contributed by atoms with Gasteiger partial charge in [0.05, 0.1) is 6.54 Å². The van der Waals surface area contributed by atoms with Crippen LogP contribution in [0.1, 0.15) is 68.6 Å². The highest BCUT2D eigenvalue weighted by molar-refractivity contribution is 5.90. The lowest BCUT2D eigenvalue weighted by Crippen LogP contribution is -2.46. The average molecular weight is 491 g/mol. The molecule has 0 atom stereocenters. The highest BCUT2D eigenvalue weighted by Gasteiger charge is 2.47. The quantitative estimate of drug-likeness (QED) is 0.595. The van der Waals surface area contributed by atoms with Crippen LogP contribution < -0.4 is 9.64 Å². The molecule has 2 saturated heterocycles. The van der Waals surface area contributed by atoms with Gasteiger partial charge in [-0.25, -0.2) is 4.79 Å². The number of hydrogen-bond acceptors (Lipinski definition) is 6. The number of amides is 1. The zero-order valence-electron chi connectivity index (χ0n) is 21.1. The largest absolute Gasteiger partial charge is 0.487 e. The van der Waals surface area contributed by atoms with Crippen LogP contribution in [0.15, 0.2) is 42.5 Å². The van der Waals surface area contributed by atoms with Gasteiger partial charge in [-0.3, -0.25) is 9.80 Å². The molecule has 3 heterocycles. The highest BCUT2D eigenvalue weighted by atomic mass is 16.6. The van der Waals surface area contributed by atoms with Crippen molar-refractivity contribution in [2.45, 2.75) is 76.0 Å². The van der Waals surface area contributed by atoms with Crippen LogP contribution in [0.4, 0.5) is 10.5 Å². The first-order valence-electron chi connectivity index (χ1n) is 12.9. The van der Waals surface area contributed by atoms with Gasteiger partial charge in [0.25, 0.3) is 0 Å². The minimum absolute atomic E-state index is 0.103. The number of fused-ring (bicyclic) bond motifs is 1. The van der Waals surface area contributed by atoms with E-state index in [2.05, 4.69) is 30.9 Å². The van der Waals surface area contributed by atoms with Gasteiger partial charge in [-0.2, -0.15) is 9.59 Å². The summed E-state index contributed by atoms with van der Waals surface area (Å²) in [5, 5.41) is 0. The van der Waals surface area contributed by atoms with E-state index in [0.717, 1.165) is 62.7 Å². The van der Waals surface area contributed by atoms with Crippen molar-refractivity contribution in [2.24, 2.45) is 0 Å². The Hall–Kier alpha value is -3.15. The van der Waals surface area contributed by atoms with Gasteiger partial charge in [0.2, 0.25) is 0 Å². The Labute approximate surface area is 212 Å². The lowest BCUT2D eigenvalue weighted by Gasteiger charge is -2.39. The third kappa shape index (κ3) is 5.18. The number of likely N-dealkylation sites (tertiary alicyclic amines) is 1. The first kappa shape index (κ1) is 24.5. The van der Waals surface area contributed by atoms with Crippen molar-refractivity contribution in [3.63, 3.8) is 0 Å². The predicted molar refractivity (Wildman–Crippen MR) is 134 cm³/mol. The van der Waals surface area contributed by atoms with E-state index in [-0.39, 0.29) is 23.4 Å². The Bertz CT molecular complexity index is 1140. The second-order valence-electron chi connectivity index (χ2n) is 11.1. The maximum absolute atomic E-state index is 12.6. The molecule has 4 aliphatic rings. The minimum atomic E-state index is -0.364. The van der Waals surface area contributed by atoms with Gasteiger partial charge in [-0.1, -0.05) is 30.3 Å². The summed E-state index contributed by atoms with van der Waals surface area (Å²) in [6.07, 6.45) is 6.60. The number of benzene rings is 2. The average Bonchev–Trinajstić information content (AvgIpc) is 3.66. The first-order chi connectivity index (χ1) is 17.3. The van der Waals surface area contributed by atoms with Gasteiger partial charge in [-0.05, 0) is 68.7 Å². The van der Waals surface area contributed by atoms with E-state index in [1.807, 2.05) is 30.3 Å². The van der Waals surface area contributed by atoms with Crippen molar-refractivity contribution < 1.29 is 23.9 Å². The Kier molecular flexibility index (Phi) is 6.62. The molecule has 1 spiro atoms. The molecule has 7 heteroatoms. The number of anilines is 1. The summed E-state index contributed by atoms with van der Waals surface area (Å²) >= 11 is 0. The minimum Gasteiger partial charge on any atom is -0.487 e. The summed E-state index contributed by atoms with van der Waals surface area (Å²) < 4.78 is 12.5. The topological polar surface area (TPSA) is 76.2 Å². The summed E-state index contributed by atoms with van der Waals surface area (Å²) in [6, 6.07) is 14.7. The molecule has 0 radical (unpaired) electrons. The van der Waals surface area contributed by atoms with Gasteiger partial charge < -0.3 is 9.47 Å². The Morgan fingerprint density at radius 1 is 1.00 bits per heavy atom. The summed E-state index contributed by atoms with van der Waals surface area (Å²) in [4.78, 5) is 33.2. The molecule has 0 aromatic heterocycles. The van der Waals surface area contributed by atoms with Gasteiger partial charge >= 0.3 is 12.2 Å². The predicted octanol–water partition coefficient (Wildman–Crippen LogP) is 5.08. The zero-order chi connectivity index (χ0) is 25.3. The van der Waals surface area contributed by atoms with E-state index in [4.69, 9.17) is 19.1 Å². The van der Waals surface area contributed by atoms with Crippen LogP contribution in [0.2, 0.25) is 0 Å². The number of nitrogens with zero attached hydrogens (tertiary/aromatic N) is 2. The molecule has 0 N–H and O–H groups in total. The van der Waals surface area contributed by atoms with Crippen LogP contribution in [0.25, 0.3) is 0 Å². The first-order valence-corrected chi connectivity index (χ1v) is 12.9. The number of aryl methyl sites for hydroxylation is 1. The van der Waals surface area contributed by atoms with Crippen molar-refractivity contribution in [1.82, 2.24) is 4.90 Å². The summed E-state index contributed by atoms with van der Waals surface area (Å²) in [6.45, 7) is 7.82. The van der Waals surface area contributed by atoms with Crippen molar-refractivity contribution in [3.05, 3.63) is 59.2 Å². The molecule has 2 aromatic carbocycles. The van der Waals surface area contributed by atoms with Crippen molar-refractivity contribution in [2.75, 3.05) is 24.5 Å². The van der Waals surface area contributed by atoms with E-state index < -0.39 is 0 Å². The lowest BCUT2D eigenvalue weighted by molar-refractivity contribution is -0.191. The number of ether oxygens (including phenoxy) is 2. The molecular formula is C29H34N2O5. The third-order valence-corrected chi connectivity index (χ3v) is 7.89. The molecule has 190 valence electrons. The van der Waals surface area contributed by atoms with Crippen LogP contribution in [0.3, 0.4) is 0 Å². The zero-order valence-corrected chi connectivity index (χ0v) is 21.1. The van der Waals surface area contributed by atoms with Crippen molar-refractivity contribution >= 4 is 17.9 Å². The van der Waals surface area contributed by atoms with E-state index >= 15 is 0 Å². The molecular weight excluding hydrogens is 456 g/mol. The van der Waals surface area contributed by atoms with Gasteiger partial charge in [0, 0.05) is 43.7 Å². The van der Waals surface area contributed by atoms with Crippen molar-refractivity contribution in [1.29, 1.82) is 0 Å². The van der Waals surface area contributed by atoms with E-state index in [1.165, 1.54) is 29.5 Å². The van der Waals surface area contributed by atoms with Crippen LogP contribution in [-0.4, -0.2) is 48.0 Å². The Morgan fingerprint density at radius 2 is 1.69 bits per heavy atom. The second kappa shape index (κ2) is 9.72. The van der Waals surface area contributed by atoms with E-state index in [0.29, 0.717) is 6.54 Å². The molecule has 6 rings (SSSR count). The fraction of sp³-hybridized carbons (Fsp3) is 0.517. The fourth-order valence-electron chi connectivity index (χ4n) is 5.68. The maximum atomic E-state index is 12.6. The summed E-state index contributed by atoms with van der Waals surface area (Å²) in [7, 11) is 0. The second-order valence-corrected chi connectivity index (χ2v) is 11.1. The van der Waals surface area contributed by atoms with Crippen LogP contribution >= 0.6 is 0 Å². The fourth-order valence-corrected chi connectivity index (χ4v) is 5.68. The molecule has 3 aliphatic heterocycles. The molecule has 0 unspecified atom stereocenters. The molecule has 1 amide bonds. The molecule has 36 heavy (non-hydrogen) atoms. The number of carbonyl (C=O) groups excluding carboxylic acids is 3. The smallest absolute Gasteiger partial charge is 0.415 e. The van der Waals surface area contributed by atoms with E-state index in [9.17, 15) is 4.79 Å². The number of hydrogen-bond donors (Lipinski definition) is 0. The van der Waals surface area contributed by atoms with Crippen molar-refractivity contribution in [3.8, 4) is 5.75 Å². The molecule has 0 bridgehead atoms. The number of para-hydroxylation sites is 1. The van der Waals surface area contributed by atoms with Crippen LogP contribution in [-0.2, 0) is 27.3 Å². The normalized spacial score (nSPS) is 22.1. The molecule has 1 aliphatic carbocycles. The number of carbonyl (C=O) groups is 1. The SMILES string of the molecule is CC1(C)CCc2cc(C3CC3)cc(CN3CCC4(CC3)CN(c3ccccc3)C(=O)O4)c2O1.O=C=O. The van der Waals surface area contributed by atoms with Gasteiger partial charge in [0.15, 0.2) is 0 Å². The lowest BCUT2D eigenvalue weighted by atomic mass is 9.89. The molecule has 2 aromatic rings. The van der Waals surface area contributed by atoms with Gasteiger partial charge in [0.1, 0.15) is 17.0 Å². The molecule has 1 saturated carbocycles. The Balaban J connectivity index is 0.000000848. The van der Waals surface area contributed by atoms with Crippen LogP contribution in [0, 0.1) is 0 Å². The molecule has 3 fully saturated rings. The molecule has 7 nitrogen and oxygen atoms in total. The highest BCUT2D eigenvalue weighted by Crippen LogP contribution is 2.45. The van der Waals surface area contributed by atoms with Gasteiger partial charge in [-0.15, -0.1) is 0 Å². The number of piperidine rings is 1. The maximum Gasteiger partial charge on any atom is 0.415 e. The Morgan fingerprint density at radius 3 is 2.36 bits per heavy atom. The van der Waals surface area contributed by atoms with E-state index in [1.54, 1.807) is 4.90 Å².